The molecule has 1 radical (unpaired) electrons. The van der Waals surface area contributed by atoms with Gasteiger partial charge in [0, 0.05) is 21.8 Å². The molecule has 0 saturated heterocycles. The van der Waals surface area contributed by atoms with E-state index in [1.165, 1.54) is 21.8 Å². The molecule has 0 fully saturated rings. The average Bonchev–Trinajstić information content (AvgIpc) is 2.57. The standard InChI is InChI=1S/C13H10N/c1-9-5-4-8-12-13(9)10-6-2-3-7-11(10)14-12/h2-8,14H,1H2. The van der Waals surface area contributed by atoms with Crippen molar-refractivity contribution in [3.8, 4) is 0 Å². The molecule has 1 heterocycles. The molecule has 67 valence electrons. The maximum Gasteiger partial charge on any atom is 0.0467 e. The van der Waals surface area contributed by atoms with Gasteiger partial charge in [0.15, 0.2) is 0 Å². The molecule has 0 aliphatic heterocycles. The minimum Gasteiger partial charge on any atom is -0.355 e. The number of benzene rings is 2. The Morgan fingerprint density at radius 2 is 1.64 bits per heavy atom. The van der Waals surface area contributed by atoms with Crippen molar-refractivity contribution in [3.05, 3.63) is 55.0 Å². The zero-order valence-corrected chi connectivity index (χ0v) is 7.75. The Morgan fingerprint density at radius 1 is 0.857 bits per heavy atom. The lowest BCUT2D eigenvalue weighted by Gasteiger charge is -1.94. The van der Waals surface area contributed by atoms with Crippen LogP contribution in [0.1, 0.15) is 5.56 Å². The van der Waals surface area contributed by atoms with E-state index in [-0.39, 0.29) is 0 Å². The molecule has 0 amide bonds. The predicted molar refractivity (Wildman–Crippen MR) is 60.3 cm³/mol. The molecule has 1 heteroatoms. The smallest absolute Gasteiger partial charge is 0.0467 e. The Balaban J connectivity index is 2.65. The number of nitrogens with one attached hydrogen (secondary N) is 1. The van der Waals surface area contributed by atoms with Crippen LogP contribution in [0.5, 0.6) is 0 Å². The number of hydrogen-bond donors (Lipinski definition) is 1. The van der Waals surface area contributed by atoms with Crippen LogP contribution in [0.3, 0.4) is 0 Å². The Bertz CT molecular complexity index is 605. The number of H-pyrrole nitrogens is 1. The van der Waals surface area contributed by atoms with Crippen molar-refractivity contribution in [1.29, 1.82) is 0 Å². The highest BCUT2D eigenvalue weighted by atomic mass is 14.7. The van der Waals surface area contributed by atoms with Crippen molar-refractivity contribution in [3.63, 3.8) is 0 Å². The highest BCUT2D eigenvalue weighted by Crippen LogP contribution is 2.27. The van der Waals surface area contributed by atoms with Crippen molar-refractivity contribution in [2.75, 3.05) is 0 Å². The van der Waals surface area contributed by atoms with Gasteiger partial charge in [0.1, 0.15) is 0 Å². The molecule has 1 nitrogen and oxygen atoms in total. The molecule has 0 bridgehead atoms. The van der Waals surface area contributed by atoms with Crippen LogP contribution >= 0.6 is 0 Å². The lowest BCUT2D eigenvalue weighted by atomic mass is 10.1. The second kappa shape index (κ2) is 2.61. The first-order chi connectivity index (χ1) is 6.86. The second-order valence-corrected chi connectivity index (χ2v) is 3.51. The Labute approximate surface area is 82.4 Å². The van der Waals surface area contributed by atoms with E-state index >= 15 is 0 Å². The quantitative estimate of drug-likeness (QED) is 0.545. The highest BCUT2D eigenvalue weighted by molar-refractivity contribution is 6.09. The molecular formula is C13H10N. The predicted octanol–water partition coefficient (Wildman–Crippen LogP) is 3.50. The van der Waals surface area contributed by atoms with Crippen LogP contribution in [0.2, 0.25) is 0 Å². The Kier molecular flexibility index (Phi) is 1.42. The van der Waals surface area contributed by atoms with E-state index in [9.17, 15) is 0 Å². The number of fused-ring (bicyclic) bond motifs is 3. The zero-order chi connectivity index (χ0) is 9.54. The second-order valence-electron chi connectivity index (χ2n) is 3.51. The number of rotatable bonds is 0. The van der Waals surface area contributed by atoms with E-state index in [0.29, 0.717) is 0 Å². The third-order valence-electron chi connectivity index (χ3n) is 2.62. The summed E-state index contributed by atoms with van der Waals surface area (Å²) < 4.78 is 0. The molecule has 1 N–H and O–H groups in total. The summed E-state index contributed by atoms with van der Waals surface area (Å²) in [6, 6.07) is 14.5. The molecule has 3 aromatic rings. The van der Waals surface area contributed by atoms with Gasteiger partial charge in [-0.25, -0.2) is 0 Å². The molecule has 0 aliphatic carbocycles. The highest BCUT2D eigenvalue weighted by Gasteiger charge is 2.04. The van der Waals surface area contributed by atoms with E-state index in [0.717, 1.165) is 5.56 Å². The zero-order valence-electron chi connectivity index (χ0n) is 7.75. The van der Waals surface area contributed by atoms with Crippen molar-refractivity contribution in [2.45, 2.75) is 0 Å². The van der Waals surface area contributed by atoms with Gasteiger partial charge in [0.25, 0.3) is 0 Å². The summed E-state index contributed by atoms with van der Waals surface area (Å²) in [5.74, 6) is 0. The van der Waals surface area contributed by atoms with E-state index in [4.69, 9.17) is 0 Å². The first-order valence-corrected chi connectivity index (χ1v) is 4.67. The lowest BCUT2D eigenvalue weighted by molar-refractivity contribution is 1.54. The average molecular weight is 180 g/mol. The number of aromatic nitrogens is 1. The van der Waals surface area contributed by atoms with Crippen LogP contribution in [0.15, 0.2) is 42.5 Å². The summed E-state index contributed by atoms with van der Waals surface area (Å²) in [5, 5.41) is 2.50. The minimum atomic E-state index is 1.08. The van der Waals surface area contributed by atoms with Crippen molar-refractivity contribution in [1.82, 2.24) is 4.98 Å². The SMILES string of the molecule is [CH2]c1cccc2[nH]c3ccccc3c12. The maximum absolute atomic E-state index is 4.05. The van der Waals surface area contributed by atoms with Gasteiger partial charge < -0.3 is 4.98 Å². The summed E-state index contributed by atoms with van der Waals surface area (Å²) in [4.78, 5) is 3.38. The van der Waals surface area contributed by atoms with E-state index < -0.39 is 0 Å². The molecular weight excluding hydrogens is 170 g/mol. The summed E-state index contributed by atoms with van der Waals surface area (Å²) in [6.07, 6.45) is 0. The van der Waals surface area contributed by atoms with Gasteiger partial charge in [-0.2, -0.15) is 0 Å². The van der Waals surface area contributed by atoms with Crippen molar-refractivity contribution in [2.24, 2.45) is 0 Å². The van der Waals surface area contributed by atoms with Crippen LogP contribution in [0, 0.1) is 6.92 Å². The molecule has 2 aromatic carbocycles. The van der Waals surface area contributed by atoms with Gasteiger partial charge in [-0.05, 0) is 24.6 Å². The number of para-hydroxylation sites is 1. The van der Waals surface area contributed by atoms with Crippen LogP contribution in [0.25, 0.3) is 21.8 Å². The summed E-state index contributed by atoms with van der Waals surface area (Å²) in [7, 11) is 0. The molecule has 0 saturated carbocycles. The van der Waals surface area contributed by atoms with Crippen LogP contribution < -0.4 is 0 Å². The molecule has 0 atom stereocenters. The van der Waals surface area contributed by atoms with Gasteiger partial charge in [-0.1, -0.05) is 30.3 Å². The third kappa shape index (κ3) is 0.896. The van der Waals surface area contributed by atoms with E-state index in [1.54, 1.807) is 0 Å². The molecule has 0 spiro atoms. The third-order valence-corrected chi connectivity index (χ3v) is 2.62. The van der Waals surface area contributed by atoms with Gasteiger partial charge in [0.05, 0.1) is 0 Å². The van der Waals surface area contributed by atoms with E-state index in [1.807, 2.05) is 18.2 Å². The van der Waals surface area contributed by atoms with Gasteiger partial charge in [-0.3, -0.25) is 0 Å². The molecule has 3 rings (SSSR count). The summed E-state index contributed by atoms with van der Waals surface area (Å²) in [5.41, 5.74) is 3.43. The first-order valence-electron chi connectivity index (χ1n) is 4.67. The van der Waals surface area contributed by atoms with E-state index in [2.05, 4.69) is 36.2 Å². The van der Waals surface area contributed by atoms with Crippen LogP contribution in [0.4, 0.5) is 0 Å². The normalized spacial score (nSPS) is 11.2. The summed E-state index contributed by atoms with van der Waals surface area (Å²) in [6.45, 7) is 4.05. The topological polar surface area (TPSA) is 15.8 Å². The van der Waals surface area contributed by atoms with Crippen LogP contribution in [-0.4, -0.2) is 4.98 Å². The van der Waals surface area contributed by atoms with Gasteiger partial charge >= 0.3 is 0 Å². The minimum absolute atomic E-state index is 1.08. The lowest BCUT2D eigenvalue weighted by Crippen LogP contribution is -1.72. The fourth-order valence-corrected chi connectivity index (χ4v) is 1.98. The molecule has 0 aliphatic rings. The van der Waals surface area contributed by atoms with Crippen molar-refractivity contribution >= 4 is 21.8 Å². The number of hydrogen-bond acceptors (Lipinski definition) is 0. The first kappa shape index (κ1) is 7.63. The monoisotopic (exact) mass is 180 g/mol. The maximum atomic E-state index is 4.05. The fraction of sp³-hybridized carbons (Fsp3) is 0. The Morgan fingerprint density at radius 3 is 2.57 bits per heavy atom. The molecule has 0 unspecified atom stereocenters. The van der Waals surface area contributed by atoms with Gasteiger partial charge in [0.2, 0.25) is 0 Å². The molecule has 14 heavy (non-hydrogen) atoms. The fourth-order valence-electron chi connectivity index (χ4n) is 1.98. The Hall–Kier alpha value is -1.76. The van der Waals surface area contributed by atoms with Crippen LogP contribution in [-0.2, 0) is 0 Å². The number of aromatic amines is 1. The largest absolute Gasteiger partial charge is 0.355 e. The van der Waals surface area contributed by atoms with Crippen molar-refractivity contribution < 1.29 is 0 Å². The van der Waals surface area contributed by atoms with Gasteiger partial charge in [-0.15, -0.1) is 0 Å². The molecule has 1 aromatic heterocycles. The summed E-state index contributed by atoms with van der Waals surface area (Å²) >= 11 is 0.